The predicted molar refractivity (Wildman–Crippen MR) is 64.0 cm³/mol. The summed E-state index contributed by atoms with van der Waals surface area (Å²) in [6, 6.07) is 9.43. The van der Waals surface area contributed by atoms with Crippen molar-refractivity contribution in [1.29, 1.82) is 0 Å². The molecular weight excluding hydrogens is 204 g/mol. The molecule has 0 atom stereocenters. The molecule has 0 aliphatic carbocycles. The van der Waals surface area contributed by atoms with Gasteiger partial charge in [0.1, 0.15) is 11.5 Å². The first-order chi connectivity index (χ1) is 7.58. The van der Waals surface area contributed by atoms with E-state index in [9.17, 15) is 10.2 Å². The number of anilines is 2. The van der Waals surface area contributed by atoms with Gasteiger partial charge in [-0.2, -0.15) is 0 Å². The molecule has 0 saturated carbocycles. The van der Waals surface area contributed by atoms with Gasteiger partial charge in [-0.05, 0) is 24.3 Å². The van der Waals surface area contributed by atoms with E-state index < -0.39 is 0 Å². The van der Waals surface area contributed by atoms with Gasteiger partial charge in [0.2, 0.25) is 0 Å². The molecule has 2 rings (SSSR count). The summed E-state index contributed by atoms with van der Waals surface area (Å²) in [6.07, 6.45) is 0. The molecule has 4 heteroatoms. The molecule has 0 aromatic heterocycles. The SMILES string of the molecule is Nc1ccc(-c2ccc(O)cc2O)c(N)c1. The van der Waals surface area contributed by atoms with Gasteiger partial charge in [0, 0.05) is 28.6 Å². The van der Waals surface area contributed by atoms with Gasteiger partial charge in [-0.15, -0.1) is 0 Å². The first-order valence-electron chi connectivity index (χ1n) is 4.75. The Morgan fingerprint density at radius 2 is 1.50 bits per heavy atom. The number of hydrogen-bond acceptors (Lipinski definition) is 4. The molecule has 16 heavy (non-hydrogen) atoms. The maximum absolute atomic E-state index is 9.69. The summed E-state index contributed by atoms with van der Waals surface area (Å²) < 4.78 is 0. The van der Waals surface area contributed by atoms with Gasteiger partial charge in [0.15, 0.2) is 0 Å². The predicted octanol–water partition coefficient (Wildman–Crippen LogP) is 1.93. The highest BCUT2D eigenvalue weighted by molar-refractivity contribution is 5.82. The van der Waals surface area contributed by atoms with Crippen LogP contribution < -0.4 is 11.5 Å². The van der Waals surface area contributed by atoms with Crippen LogP contribution >= 0.6 is 0 Å². The third-order valence-corrected chi connectivity index (χ3v) is 2.35. The van der Waals surface area contributed by atoms with Gasteiger partial charge >= 0.3 is 0 Å². The van der Waals surface area contributed by atoms with E-state index in [0.717, 1.165) is 0 Å². The summed E-state index contributed by atoms with van der Waals surface area (Å²) in [5.74, 6) is -0.00765. The molecule has 4 nitrogen and oxygen atoms in total. The topological polar surface area (TPSA) is 92.5 Å². The average Bonchev–Trinajstić information content (AvgIpc) is 2.19. The fourth-order valence-electron chi connectivity index (χ4n) is 1.57. The monoisotopic (exact) mass is 216 g/mol. The second-order valence-electron chi connectivity index (χ2n) is 3.55. The van der Waals surface area contributed by atoms with Gasteiger partial charge in [0.25, 0.3) is 0 Å². The largest absolute Gasteiger partial charge is 0.508 e. The van der Waals surface area contributed by atoms with Crippen molar-refractivity contribution in [1.82, 2.24) is 0 Å². The smallest absolute Gasteiger partial charge is 0.127 e. The Morgan fingerprint density at radius 3 is 2.12 bits per heavy atom. The highest BCUT2D eigenvalue weighted by atomic mass is 16.3. The lowest BCUT2D eigenvalue weighted by atomic mass is 10.0. The molecule has 0 aliphatic heterocycles. The molecule has 0 heterocycles. The van der Waals surface area contributed by atoms with E-state index >= 15 is 0 Å². The van der Waals surface area contributed by atoms with E-state index in [-0.39, 0.29) is 11.5 Å². The van der Waals surface area contributed by atoms with Gasteiger partial charge in [-0.3, -0.25) is 0 Å². The maximum Gasteiger partial charge on any atom is 0.127 e. The molecule has 0 spiro atoms. The number of phenols is 2. The molecule has 0 fully saturated rings. The zero-order valence-electron chi connectivity index (χ0n) is 8.51. The molecule has 0 saturated heterocycles. The van der Waals surface area contributed by atoms with Crippen molar-refractivity contribution >= 4 is 11.4 Å². The summed E-state index contributed by atoms with van der Waals surface area (Å²) in [5.41, 5.74) is 13.7. The lowest BCUT2D eigenvalue weighted by Crippen LogP contribution is -1.93. The van der Waals surface area contributed by atoms with Crippen LogP contribution in [0.4, 0.5) is 11.4 Å². The molecule has 0 bridgehead atoms. The Kier molecular flexibility index (Phi) is 2.32. The number of nitrogens with two attached hydrogens (primary N) is 2. The molecule has 2 aromatic carbocycles. The normalized spacial score (nSPS) is 10.2. The maximum atomic E-state index is 9.69. The van der Waals surface area contributed by atoms with Crippen LogP contribution in [-0.2, 0) is 0 Å². The van der Waals surface area contributed by atoms with Crippen LogP contribution in [-0.4, -0.2) is 10.2 Å². The van der Waals surface area contributed by atoms with Crippen LogP contribution in [0, 0.1) is 0 Å². The van der Waals surface area contributed by atoms with Crippen LogP contribution in [0.2, 0.25) is 0 Å². The average molecular weight is 216 g/mol. The Balaban J connectivity index is 2.59. The zero-order chi connectivity index (χ0) is 11.7. The molecule has 2 aromatic rings. The third kappa shape index (κ3) is 1.72. The van der Waals surface area contributed by atoms with E-state index in [2.05, 4.69) is 0 Å². The van der Waals surface area contributed by atoms with Crippen LogP contribution in [0.3, 0.4) is 0 Å². The van der Waals surface area contributed by atoms with Crippen LogP contribution in [0.15, 0.2) is 36.4 Å². The third-order valence-electron chi connectivity index (χ3n) is 2.35. The number of rotatable bonds is 1. The minimum absolute atomic E-state index is 0.00951. The van der Waals surface area contributed by atoms with Crippen LogP contribution in [0.5, 0.6) is 11.5 Å². The van der Waals surface area contributed by atoms with Crippen molar-refractivity contribution in [3.05, 3.63) is 36.4 Å². The van der Waals surface area contributed by atoms with E-state index in [1.165, 1.54) is 12.1 Å². The van der Waals surface area contributed by atoms with E-state index in [4.69, 9.17) is 11.5 Å². The Hall–Kier alpha value is -2.36. The van der Waals surface area contributed by atoms with Crippen molar-refractivity contribution in [3.63, 3.8) is 0 Å². The lowest BCUT2D eigenvalue weighted by Gasteiger charge is -2.08. The van der Waals surface area contributed by atoms with E-state index in [1.807, 2.05) is 0 Å². The molecule has 0 radical (unpaired) electrons. The molecular formula is C12H12N2O2. The van der Waals surface area contributed by atoms with Crippen molar-refractivity contribution < 1.29 is 10.2 Å². The standard InChI is InChI=1S/C12H12N2O2/c13-7-1-3-9(11(14)5-7)10-4-2-8(15)6-12(10)16/h1-6,15-16H,13-14H2. The molecule has 0 unspecified atom stereocenters. The van der Waals surface area contributed by atoms with Gasteiger partial charge in [-0.1, -0.05) is 6.07 Å². The fourth-order valence-corrected chi connectivity index (χ4v) is 1.57. The molecule has 0 amide bonds. The zero-order valence-corrected chi connectivity index (χ0v) is 8.51. The van der Waals surface area contributed by atoms with E-state index in [1.54, 1.807) is 24.3 Å². The number of benzene rings is 2. The van der Waals surface area contributed by atoms with Crippen LogP contribution in [0.1, 0.15) is 0 Å². The summed E-state index contributed by atoms with van der Waals surface area (Å²) in [4.78, 5) is 0. The molecule has 6 N–H and O–H groups in total. The minimum Gasteiger partial charge on any atom is -0.508 e. The number of aromatic hydroxyl groups is 2. The number of nitrogen functional groups attached to an aromatic ring is 2. The lowest BCUT2D eigenvalue weighted by molar-refractivity contribution is 0.452. The summed E-state index contributed by atoms with van der Waals surface area (Å²) in [5, 5.41) is 18.9. The van der Waals surface area contributed by atoms with Gasteiger partial charge in [0.05, 0.1) is 0 Å². The quantitative estimate of drug-likeness (QED) is 0.548. The second kappa shape index (κ2) is 3.66. The first-order valence-corrected chi connectivity index (χ1v) is 4.75. The Bertz CT molecular complexity index is 489. The Morgan fingerprint density at radius 1 is 0.812 bits per heavy atom. The first kappa shape index (κ1) is 10.2. The fraction of sp³-hybridized carbons (Fsp3) is 0. The van der Waals surface area contributed by atoms with Crippen molar-refractivity contribution in [3.8, 4) is 22.6 Å². The van der Waals surface area contributed by atoms with E-state index in [0.29, 0.717) is 22.5 Å². The summed E-state index contributed by atoms with van der Waals surface area (Å²) in [7, 11) is 0. The highest BCUT2D eigenvalue weighted by Crippen LogP contribution is 2.35. The summed E-state index contributed by atoms with van der Waals surface area (Å²) in [6.45, 7) is 0. The molecule has 82 valence electrons. The second-order valence-corrected chi connectivity index (χ2v) is 3.55. The van der Waals surface area contributed by atoms with Crippen molar-refractivity contribution in [2.75, 3.05) is 11.5 Å². The minimum atomic E-state index is -0.0172. The summed E-state index contributed by atoms with van der Waals surface area (Å²) >= 11 is 0. The van der Waals surface area contributed by atoms with Crippen molar-refractivity contribution in [2.24, 2.45) is 0 Å². The van der Waals surface area contributed by atoms with Gasteiger partial charge < -0.3 is 21.7 Å². The highest BCUT2D eigenvalue weighted by Gasteiger charge is 2.08. The number of hydrogen-bond donors (Lipinski definition) is 4. The van der Waals surface area contributed by atoms with Crippen LogP contribution in [0.25, 0.3) is 11.1 Å². The Labute approximate surface area is 92.8 Å². The molecule has 0 aliphatic rings. The van der Waals surface area contributed by atoms with Crippen molar-refractivity contribution in [2.45, 2.75) is 0 Å². The van der Waals surface area contributed by atoms with Gasteiger partial charge in [-0.25, -0.2) is 0 Å². The number of phenolic OH excluding ortho intramolecular Hbond substituents is 2.